The second kappa shape index (κ2) is 4.70. The number of halogens is 5. The molecule has 0 aliphatic carbocycles. The minimum Gasteiger partial charge on any atom is -0.296 e. The lowest BCUT2D eigenvalue weighted by atomic mass is 9.92. The van der Waals surface area contributed by atoms with E-state index in [0.29, 0.717) is 6.08 Å². The molecule has 0 saturated heterocycles. The molecule has 1 aromatic rings. The zero-order valence-electron chi connectivity index (χ0n) is 9.09. The van der Waals surface area contributed by atoms with Crippen molar-refractivity contribution in [1.29, 1.82) is 0 Å². The maximum Gasteiger partial charge on any atom is 0.428 e. The van der Waals surface area contributed by atoms with Crippen molar-refractivity contribution in [2.45, 2.75) is 11.8 Å². The predicted molar refractivity (Wildman–Crippen MR) is 62.6 cm³/mol. The Morgan fingerprint density at radius 2 is 1.79 bits per heavy atom. The van der Waals surface area contributed by atoms with Crippen molar-refractivity contribution in [2.24, 2.45) is 0 Å². The first kappa shape index (κ1) is 14.2. The van der Waals surface area contributed by atoms with Gasteiger partial charge in [-0.1, -0.05) is 23.2 Å². The van der Waals surface area contributed by atoms with E-state index in [1.165, 1.54) is 6.07 Å². The Hall–Kier alpha value is -1.24. The van der Waals surface area contributed by atoms with Crippen molar-refractivity contribution in [3.05, 3.63) is 45.6 Å². The number of benzene rings is 1. The van der Waals surface area contributed by atoms with Gasteiger partial charge < -0.3 is 0 Å². The third-order valence-corrected chi connectivity index (χ3v) is 2.96. The molecule has 3 nitrogen and oxygen atoms in total. The summed E-state index contributed by atoms with van der Waals surface area (Å²) in [5.41, 5.74) is -1.51. The van der Waals surface area contributed by atoms with Gasteiger partial charge in [-0.25, -0.2) is 0 Å². The number of alkyl halides is 3. The molecule has 0 radical (unpaired) electrons. The maximum absolute atomic E-state index is 13.3. The summed E-state index contributed by atoms with van der Waals surface area (Å²) in [6.45, 7) is 0. The summed E-state index contributed by atoms with van der Waals surface area (Å²) in [6.07, 6.45) is -3.93. The quantitative estimate of drug-likeness (QED) is 0.851. The van der Waals surface area contributed by atoms with Crippen LogP contribution in [-0.4, -0.2) is 12.5 Å². The summed E-state index contributed by atoms with van der Waals surface area (Å²) >= 11 is 11.4. The highest BCUT2D eigenvalue weighted by Crippen LogP contribution is 2.46. The van der Waals surface area contributed by atoms with E-state index in [2.05, 4.69) is 4.84 Å². The van der Waals surface area contributed by atoms with Gasteiger partial charge in [0.1, 0.15) is 0 Å². The smallest absolute Gasteiger partial charge is 0.296 e. The first-order valence-corrected chi connectivity index (χ1v) is 5.69. The Bertz CT molecular complexity index is 539. The molecule has 0 spiro atoms. The number of carbonyl (C=O) groups excluding carboxylic acids is 1. The van der Waals surface area contributed by atoms with Gasteiger partial charge in [0.05, 0.1) is 5.70 Å². The van der Waals surface area contributed by atoms with Crippen molar-refractivity contribution in [3.8, 4) is 0 Å². The average molecular weight is 312 g/mol. The Balaban J connectivity index is 2.63. The maximum atomic E-state index is 13.3. The van der Waals surface area contributed by atoms with E-state index in [1.54, 1.807) is 0 Å². The van der Waals surface area contributed by atoms with Crippen molar-refractivity contribution >= 4 is 29.5 Å². The Morgan fingerprint density at radius 3 is 2.21 bits per heavy atom. The molecular weight excluding hydrogens is 306 g/mol. The van der Waals surface area contributed by atoms with Crippen LogP contribution in [0.2, 0.25) is 10.0 Å². The molecule has 0 aromatic heterocycles. The van der Waals surface area contributed by atoms with Gasteiger partial charge in [-0.3, -0.25) is 15.1 Å². The largest absolute Gasteiger partial charge is 0.428 e. The molecule has 1 unspecified atom stereocenters. The van der Waals surface area contributed by atoms with Gasteiger partial charge >= 0.3 is 6.18 Å². The molecule has 1 aliphatic heterocycles. The van der Waals surface area contributed by atoms with Gasteiger partial charge in [-0.2, -0.15) is 13.2 Å². The molecule has 1 heterocycles. The number of hydrogen-bond acceptors (Lipinski definition) is 3. The summed E-state index contributed by atoms with van der Waals surface area (Å²) in [5, 5.41) is 0.0605. The van der Waals surface area contributed by atoms with E-state index in [9.17, 15) is 18.0 Å². The van der Waals surface area contributed by atoms with E-state index in [-0.39, 0.29) is 27.6 Å². The topological polar surface area (TPSA) is 38.3 Å². The van der Waals surface area contributed by atoms with E-state index in [1.807, 2.05) is 5.48 Å². The Labute approximate surface area is 115 Å². The second-order valence-corrected chi connectivity index (χ2v) is 4.69. The number of hydroxylamine groups is 1. The number of allylic oxidation sites excluding steroid dienone is 1. The summed E-state index contributed by atoms with van der Waals surface area (Å²) in [5.74, 6) is 0. The van der Waals surface area contributed by atoms with Crippen LogP contribution in [0.4, 0.5) is 13.2 Å². The molecule has 1 atom stereocenters. The zero-order chi connectivity index (χ0) is 14.3. The highest BCUT2D eigenvalue weighted by atomic mass is 35.5. The zero-order valence-corrected chi connectivity index (χ0v) is 10.6. The normalized spacial score (nSPS) is 22.9. The van der Waals surface area contributed by atoms with Crippen LogP contribution >= 0.6 is 23.2 Å². The van der Waals surface area contributed by atoms with Crippen LogP contribution in [-0.2, 0) is 15.2 Å². The van der Waals surface area contributed by atoms with Gasteiger partial charge in [-0.05, 0) is 24.3 Å². The van der Waals surface area contributed by atoms with Gasteiger partial charge in [0.15, 0.2) is 6.29 Å². The lowest BCUT2D eigenvalue weighted by molar-refractivity contribution is -0.270. The van der Waals surface area contributed by atoms with Crippen molar-refractivity contribution in [3.63, 3.8) is 0 Å². The molecule has 8 heteroatoms. The van der Waals surface area contributed by atoms with E-state index < -0.39 is 11.8 Å². The molecule has 0 saturated carbocycles. The van der Waals surface area contributed by atoms with Crippen molar-refractivity contribution < 1.29 is 22.8 Å². The summed E-state index contributed by atoms with van der Waals surface area (Å²) in [7, 11) is 0. The van der Waals surface area contributed by atoms with Crippen molar-refractivity contribution in [1.82, 2.24) is 5.48 Å². The van der Waals surface area contributed by atoms with Gasteiger partial charge in [0.25, 0.3) is 0 Å². The lowest BCUT2D eigenvalue weighted by Gasteiger charge is -2.28. The molecule has 19 heavy (non-hydrogen) atoms. The number of nitrogens with one attached hydrogen (secondary N) is 1. The average Bonchev–Trinajstić information content (AvgIpc) is 2.72. The van der Waals surface area contributed by atoms with Crippen molar-refractivity contribution in [2.75, 3.05) is 0 Å². The number of hydrogen-bond donors (Lipinski definition) is 1. The lowest BCUT2D eigenvalue weighted by Crippen LogP contribution is -2.42. The van der Waals surface area contributed by atoms with Crippen LogP contribution in [0.1, 0.15) is 5.56 Å². The van der Waals surface area contributed by atoms with Crippen LogP contribution in [0, 0.1) is 0 Å². The summed E-state index contributed by atoms with van der Waals surface area (Å²) in [6, 6.07) is 3.45. The Morgan fingerprint density at radius 1 is 1.21 bits per heavy atom. The molecule has 0 bridgehead atoms. The SMILES string of the molecule is O=CC1=CC(c2cc(Cl)cc(Cl)c2)(C(F)(F)F)ON1. The minimum atomic E-state index is -4.79. The summed E-state index contributed by atoms with van der Waals surface area (Å²) in [4.78, 5) is 15.1. The van der Waals surface area contributed by atoms with Crippen LogP contribution in [0.5, 0.6) is 0 Å². The fourth-order valence-electron chi connectivity index (χ4n) is 1.69. The highest BCUT2D eigenvalue weighted by molar-refractivity contribution is 6.34. The van der Waals surface area contributed by atoms with Crippen LogP contribution in [0.15, 0.2) is 30.0 Å². The third kappa shape index (κ3) is 2.43. The monoisotopic (exact) mass is 311 g/mol. The van der Waals surface area contributed by atoms with Gasteiger partial charge in [0, 0.05) is 15.6 Å². The van der Waals surface area contributed by atoms with Gasteiger partial charge in [0.2, 0.25) is 5.60 Å². The summed E-state index contributed by atoms with van der Waals surface area (Å²) < 4.78 is 39.8. The molecule has 0 amide bonds. The fourth-order valence-corrected chi connectivity index (χ4v) is 2.22. The molecule has 1 aliphatic rings. The highest BCUT2D eigenvalue weighted by Gasteiger charge is 2.59. The number of carbonyl (C=O) groups is 1. The molecule has 102 valence electrons. The van der Waals surface area contributed by atoms with Crippen LogP contribution in [0.25, 0.3) is 0 Å². The molecular formula is C11H6Cl2F3NO2. The first-order chi connectivity index (χ1) is 8.78. The van der Waals surface area contributed by atoms with Crippen LogP contribution in [0.3, 0.4) is 0 Å². The molecule has 2 rings (SSSR count). The van der Waals surface area contributed by atoms with Gasteiger partial charge in [-0.15, -0.1) is 0 Å². The van der Waals surface area contributed by atoms with E-state index in [4.69, 9.17) is 23.2 Å². The molecule has 0 fully saturated rings. The van der Waals surface area contributed by atoms with E-state index in [0.717, 1.165) is 12.1 Å². The predicted octanol–water partition coefficient (Wildman–Crippen LogP) is 3.37. The molecule has 1 N–H and O–H groups in total. The van der Waals surface area contributed by atoms with E-state index >= 15 is 0 Å². The second-order valence-electron chi connectivity index (χ2n) is 3.81. The van der Waals surface area contributed by atoms with Crippen LogP contribution < -0.4 is 5.48 Å². The number of aldehydes is 1. The standard InChI is InChI=1S/C11H6Cl2F3NO2/c12-7-1-6(2-8(13)3-7)10(11(14,15)16)4-9(5-18)17-19-10/h1-5,17H. The Kier molecular flexibility index (Phi) is 3.51. The fraction of sp³-hybridized carbons (Fsp3) is 0.182. The third-order valence-electron chi connectivity index (χ3n) is 2.53. The molecule has 1 aromatic carbocycles. The first-order valence-electron chi connectivity index (χ1n) is 4.94. The number of rotatable bonds is 2. The minimum absolute atomic E-state index is 0.0303.